The lowest BCUT2D eigenvalue weighted by Gasteiger charge is -2.41. The molecule has 2 aliphatic rings. The average molecular weight is 479 g/mol. The number of hydrogen-bond donors (Lipinski definition) is 2. The van der Waals surface area contributed by atoms with Crippen LogP contribution in [0.15, 0.2) is 48.5 Å². The maximum Gasteiger partial charge on any atom is 0.408 e. The maximum atomic E-state index is 13.5. The van der Waals surface area contributed by atoms with E-state index in [1.165, 1.54) is 0 Å². The van der Waals surface area contributed by atoms with Gasteiger partial charge in [0.15, 0.2) is 0 Å². The van der Waals surface area contributed by atoms with Gasteiger partial charge >= 0.3 is 12.1 Å². The van der Waals surface area contributed by atoms with Crippen LogP contribution in [0.2, 0.25) is 0 Å². The molecule has 35 heavy (non-hydrogen) atoms. The first-order valence-electron chi connectivity index (χ1n) is 12.4. The zero-order valence-electron chi connectivity index (χ0n) is 20.6. The third kappa shape index (κ3) is 4.90. The molecule has 2 amide bonds. The highest BCUT2D eigenvalue weighted by molar-refractivity contribution is 5.90. The number of likely N-dealkylation sites (tertiary alicyclic amines) is 1. The molecule has 2 N–H and O–H groups in total. The van der Waals surface area contributed by atoms with E-state index in [0.717, 1.165) is 22.3 Å². The molecule has 1 saturated heterocycles. The zero-order chi connectivity index (χ0) is 25.2. The third-order valence-corrected chi connectivity index (χ3v) is 7.43. The molecule has 7 nitrogen and oxygen atoms in total. The summed E-state index contributed by atoms with van der Waals surface area (Å²) in [5, 5.41) is 12.2. The van der Waals surface area contributed by atoms with E-state index in [-0.39, 0.29) is 24.5 Å². The van der Waals surface area contributed by atoms with Crippen LogP contribution in [0, 0.1) is 5.92 Å². The van der Waals surface area contributed by atoms with E-state index in [4.69, 9.17) is 4.74 Å². The molecule has 4 rings (SSSR count). The van der Waals surface area contributed by atoms with Gasteiger partial charge in [-0.3, -0.25) is 9.59 Å². The van der Waals surface area contributed by atoms with Crippen molar-refractivity contribution in [2.75, 3.05) is 13.2 Å². The van der Waals surface area contributed by atoms with Crippen molar-refractivity contribution in [2.45, 2.75) is 64.0 Å². The number of carbonyl (C=O) groups excluding carboxylic acids is 2. The SMILES string of the molecule is CCCC(C)(NC(=O)OCC1c2ccccc2-c2ccccc21)C(=O)N1CC[C@@H](C(=O)O)C[C@H]1C. The second kappa shape index (κ2) is 10.1. The number of alkyl carbamates (subject to hydrolysis) is 1. The summed E-state index contributed by atoms with van der Waals surface area (Å²) in [5.74, 6) is -1.51. The van der Waals surface area contributed by atoms with E-state index >= 15 is 0 Å². The summed E-state index contributed by atoms with van der Waals surface area (Å²) in [7, 11) is 0. The van der Waals surface area contributed by atoms with Crippen LogP contribution < -0.4 is 5.32 Å². The van der Waals surface area contributed by atoms with E-state index in [1.807, 2.05) is 38.1 Å². The monoisotopic (exact) mass is 478 g/mol. The Hall–Kier alpha value is -3.35. The molecule has 7 heteroatoms. The van der Waals surface area contributed by atoms with Crippen molar-refractivity contribution in [1.29, 1.82) is 0 Å². The molecule has 2 aromatic rings. The Balaban J connectivity index is 1.44. The first-order chi connectivity index (χ1) is 16.7. The Labute approximate surface area is 206 Å². The molecular weight excluding hydrogens is 444 g/mol. The summed E-state index contributed by atoms with van der Waals surface area (Å²) >= 11 is 0. The molecule has 1 fully saturated rings. The number of carboxylic acid groups (broad SMARTS) is 1. The smallest absolute Gasteiger partial charge is 0.408 e. The summed E-state index contributed by atoms with van der Waals surface area (Å²) in [4.78, 5) is 39.6. The van der Waals surface area contributed by atoms with Crippen molar-refractivity contribution in [1.82, 2.24) is 10.2 Å². The Kier molecular flexibility index (Phi) is 7.15. The molecule has 0 aromatic heterocycles. The fourth-order valence-electron chi connectivity index (χ4n) is 5.60. The normalized spacial score (nSPS) is 20.9. The summed E-state index contributed by atoms with van der Waals surface area (Å²) in [6.07, 6.45) is 1.37. The third-order valence-electron chi connectivity index (χ3n) is 7.43. The molecule has 2 aromatic carbocycles. The molecule has 186 valence electrons. The molecule has 0 spiro atoms. The van der Waals surface area contributed by atoms with Crippen molar-refractivity contribution >= 4 is 18.0 Å². The molecule has 0 saturated carbocycles. The van der Waals surface area contributed by atoms with Crippen LogP contribution in [0.25, 0.3) is 11.1 Å². The second-order valence-corrected chi connectivity index (χ2v) is 9.94. The van der Waals surface area contributed by atoms with Gasteiger partial charge in [-0.2, -0.15) is 0 Å². The molecule has 0 bridgehead atoms. The topological polar surface area (TPSA) is 95.9 Å². The molecule has 0 radical (unpaired) electrons. The minimum absolute atomic E-state index is 0.0589. The molecule has 1 heterocycles. The van der Waals surface area contributed by atoms with E-state index < -0.39 is 23.5 Å². The molecule has 1 aliphatic heterocycles. The lowest BCUT2D eigenvalue weighted by molar-refractivity contribution is -0.149. The van der Waals surface area contributed by atoms with Crippen LogP contribution in [-0.4, -0.2) is 52.7 Å². The second-order valence-electron chi connectivity index (χ2n) is 9.94. The van der Waals surface area contributed by atoms with Gasteiger partial charge < -0.3 is 20.1 Å². The van der Waals surface area contributed by atoms with Gasteiger partial charge in [0.05, 0.1) is 5.92 Å². The summed E-state index contributed by atoms with van der Waals surface area (Å²) in [5.41, 5.74) is 3.44. The highest BCUT2D eigenvalue weighted by atomic mass is 16.5. The summed E-state index contributed by atoms with van der Waals surface area (Å²) in [6, 6.07) is 16.1. The number of fused-ring (bicyclic) bond motifs is 3. The van der Waals surface area contributed by atoms with Crippen LogP contribution in [0.3, 0.4) is 0 Å². The van der Waals surface area contributed by atoms with E-state index in [0.29, 0.717) is 32.2 Å². The Morgan fingerprint density at radius 2 is 1.69 bits per heavy atom. The van der Waals surface area contributed by atoms with Crippen LogP contribution in [0.4, 0.5) is 4.79 Å². The largest absolute Gasteiger partial charge is 0.481 e. The van der Waals surface area contributed by atoms with Gasteiger partial charge in [-0.05, 0) is 55.4 Å². The van der Waals surface area contributed by atoms with Gasteiger partial charge in [-0.15, -0.1) is 0 Å². The van der Waals surface area contributed by atoms with Gasteiger partial charge in [0.25, 0.3) is 0 Å². The predicted octanol–water partition coefficient (Wildman–Crippen LogP) is 4.80. The highest BCUT2D eigenvalue weighted by Gasteiger charge is 2.42. The van der Waals surface area contributed by atoms with Crippen LogP contribution in [-0.2, 0) is 14.3 Å². The number of carbonyl (C=O) groups is 3. The lowest BCUT2D eigenvalue weighted by Crippen LogP contribution is -2.61. The number of nitrogens with zero attached hydrogens (tertiary/aromatic N) is 1. The van der Waals surface area contributed by atoms with E-state index in [2.05, 4.69) is 29.6 Å². The van der Waals surface area contributed by atoms with Crippen molar-refractivity contribution in [3.8, 4) is 11.1 Å². The van der Waals surface area contributed by atoms with E-state index in [9.17, 15) is 19.5 Å². The summed E-state index contributed by atoms with van der Waals surface area (Å²) in [6.45, 7) is 6.10. The fourth-order valence-corrected chi connectivity index (χ4v) is 5.60. The first-order valence-corrected chi connectivity index (χ1v) is 12.4. The van der Waals surface area contributed by atoms with Crippen molar-refractivity contribution in [2.24, 2.45) is 5.92 Å². The lowest BCUT2D eigenvalue weighted by atomic mass is 9.88. The van der Waals surface area contributed by atoms with Gasteiger partial charge in [-0.25, -0.2) is 4.79 Å². The fraction of sp³-hybridized carbons (Fsp3) is 0.464. The Morgan fingerprint density at radius 1 is 1.09 bits per heavy atom. The van der Waals surface area contributed by atoms with Crippen LogP contribution in [0.1, 0.15) is 63.5 Å². The number of benzene rings is 2. The minimum atomic E-state index is -1.12. The first kappa shape index (κ1) is 24.8. The number of amides is 2. The van der Waals surface area contributed by atoms with Crippen LogP contribution >= 0.6 is 0 Å². The quantitative estimate of drug-likeness (QED) is 0.596. The molecule has 3 atom stereocenters. The molecule has 1 unspecified atom stereocenters. The van der Waals surface area contributed by atoms with Crippen molar-refractivity contribution in [3.63, 3.8) is 0 Å². The Morgan fingerprint density at radius 3 is 2.23 bits per heavy atom. The Bertz CT molecular complexity index is 1070. The van der Waals surface area contributed by atoms with E-state index in [1.54, 1.807) is 11.8 Å². The number of piperidine rings is 1. The number of rotatable bonds is 7. The van der Waals surface area contributed by atoms with Crippen molar-refractivity contribution in [3.05, 3.63) is 59.7 Å². The molecular formula is C28H34N2O5. The standard InChI is InChI=1S/C28H34N2O5/c1-4-14-28(3,26(33)30-15-13-19(25(31)32)16-18(30)2)29-27(34)35-17-24-22-11-7-5-9-20(22)21-10-6-8-12-23(21)24/h5-12,18-19,24H,4,13-17H2,1-3H3,(H,29,34)(H,31,32)/t18-,19-,28?/m1/s1. The number of carboxylic acids is 1. The van der Waals surface area contributed by atoms with Crippen LogP contribution in [0.5, 0.6) is 0 Å². The van der Waals surface area contributed by atoms with Gasteiger partial charge in [-0.1, -0.05) is 61.9 Å². The minimum Gasteiger partial charge on any atom is -0.481 e. The number of nitrogens with one attached hydrogen (secondary N) is 1. The highest BCUT2D eigenvalue weighted by Crippen LogP contribution is 2.44. The maximum absolute atomic E-state index is 13.5. The predicted molar refractivity (Wildman–Crippen MR) is 133 cm³/mol. The molecule has 1 aliphatic carbocycles. The zero-order valence-corrected chi connectivity index (χ0v) is 20.6. The van der Waals surface area contributed by atoms with Gasteiger partial charge in [0, 0.05) is 18.5 Å². The summed E-state index contributed by atoms with van der Waals surface area (Å²) < 4.78 is 5.70. The van der Waals surface area contributed by atoms with Gasteiger partial charge in [0.1, 0.15) is 12.1 Å². The number of hydrogen-bond acceptors (Lipinski definition) is 4. The number of ether oxygens (including phenoxy) is 1. The average Bonchev–Trinajstić information content (AvgIpc) is 3.16. The number of aliphatic carboxylic acids is 1. The van der Waals surface area contributed by atoms with Crippen molar-refractivity contribution < 1.29 is 24.2 Å². The van der Waals surface area contributed by atoms with Gasteiger partial charge in [0.2, 0.25) is 5.91 Å².